The molecule has 0 radical (unpaired) electrons. The Kier molecular flexibility index (Phi) is 9.71. The van der Waals surface area contributed by atoms with Crippen LogP contribution in [0.25, 0.3) is 0 Å². The van der Waals surface area contributed by atoms with E-state index in [9.17, 15) is 0 Å². The van der Waals surface area contributed by atoms with Crippen LogP contribution in [0.15, 0.2) is 34.9 Å². The quantitative estimate of drug-likeness (QED) is 0.409. The van der Waals surface area contributed by atoms with Crippen LogP contribution >= 0.6 is 15.9 Å². The second-order valence-corrected chi connectivity index (χ2v) is 5.39. The molecule has 0 aromatic heterocycles. The van der Waals surface area contributed by atoms with Crippen molar-refractivity contribution >= 4 is 15.9 Å². The van der Waals surface area contributed by atoms with E-state index < -0.39 is 0 Å². The van der Waals surface area contributed by atoms with Gasteiger partial charge in [0.15, 0.2) is 0 Å². The molecule has 0 aromatic carbocycles. The lowest BCUT2D eigenvalue weighted by atomic mass is 10.1. The molecule has 0 bridgehead atoms. The van der Waals surface area contributed by atoms with Gasteiger partial charge < -0.3 is 0 Å². The Bertz CT molecular complexity index is 265. The fourth-order valence-electron chi connectivity index (χ4n) is 1.40. The molecular formula is C15H25Br. The van der Waals surface area contributed by atoms with E-state index in [4.69, 9.17) is 0 Å². The van der Waals surface area contributed by atoms with Crippen molar-refractivity contribution in [3.8, 4) is 0 Å². The van der Waals surface area contributed by atoms with E-state index in [2.05, 4.69) is 61.9 Å². The molecule has 0 rings (SSSR count). The van der Waals surface area contributed by atoms with Crippen molar-refractivity contribution in [2.75, 3.05) is 5.33 Å². The summed E-state index contributed by atoms with van der Waals surface area (Å²) >= 11 is 3.46. The van der Waals surface area contributed by atoms with Gasteiger partial charge in [-0.3, -0.25) is 0 Å². The number of allylic oxidation sites excluding steroid dienone is 6. The maximum absolute atomic E-state index is 3.46. The first kappa shape index (κ1) is 15.7. The SMILES string of the molecule is CC(C)=CCC/C(C)=C\C/C=C(/C)CCBr. The Labute approximate surface area is 110 Å². The van der Waals surface area contributed by atoms with Crippen LogP contribution in [-0.2, 0) is 0 Å². The molecule has 0 aliphatic carbocycles. The monoisotopic (exact) mass is 284 g/mol. The van der Waals surface area contributed by atoms with Crippen LogP contribution in [-0.4, -0.2) is 5.33 Å². The third-order valence-corrected chi connectivity index (χ3v) is 2.91. The molecule has 0 spiro atoms. The summed E-state index contributed by atoms with van der Waals surface area (Å²) in [7, 11) is 0. The van der Waals surface area contributed by atoms with E-state index in [0.717, 1.165) is 18.2 Å². The predicted octanol–water partition coefficient (Wildman–Crippen LogP) is 5.80. The topological polar surface area (TPSA) is 0 Å². The summed E-state index contributed by atoms with van der Waals surface area (Å²) in [4.78, 5) is 0. The zero-order valence-electron chi connectivity index (χ0n) is 11.1. The molecule has 0 saturated carbocycles. The molecule has 0 heterocycles. The number of alkyl halides is 1. The van der Waals surface area contributed by atoms with Gasteiger partial charge in [-0.1, -0.05) is 50.9 Å². The van der Waals surface area contributed by atoms with Crippen molar-refractivity contribution in [2.24, 2.45) is 0 Å². The van der Waals surface area contributed by atoms with E-state index in [1.54, 1.807) is 0 Å². The minimum Gasteiger partial charge on any atom is -0.0925 e. The van der Waals surface area contributed by atoms with Gasteiger partial charge >= 0.3 is 0 Å². The maximum atomic E-state index is 3.46. The van der Waals surface area contributed by atoms with Gasteiger partial charge in [0.25, 0.3) is 0 Å². The van der Waals surface area contributed by atoms with E-state index in [1.165, 1.54) is 29.6 Å². The zero-order chi connectivity index (χ0) is 12.4. The highest BCUT2D eigenvalue weighted by Crippen LogP contribution is 2.09. The molecule has 0 N–H and O–H groups in total. The summed E-state index contributed by atoms with van der Waals surface area (Å²) < 4.78 is 0. The maximum Gasteiger partial charge on any atom is 0.00684 e. The summed E-state index contributed by atoms with van der Waals surface area (Å²) in [6.45, 7) is 8.75. The lowest BCUT2D eigenvalue weighted by Crippen LogP contribution is -1.79. The first-order valence-corrected chi connectivity index (χ1v) is 7.19. The smallest absolute Gasteiger partial charge is 0.00684 e. The van der Waals surface area contributed by atoms with Crippen molar-refractivity contribution in [2.45, 2.75) is 53.4 Å². The molecule has 0 aliphatic rings. The van der Waals surface area contributed by atoms with Gasteiger partial charge in [0, 0.05) is 5.33 Å². The van der Waals surface area contributed by atoms with Gasteiger partial charge in [-0.2, -0.15) is 0 Å². The number of rotatable bonds is 7. The Morgan fingerprint density at radius 3 is 1.94 bits per heavy atom. The summed E-state index contributed by atoms with van der Waals surface area (Å²) in [6, 6.07) is 0. The molecule has 0 unspecified atom stereocenters. The van der Waals surface area contributed by atoms with Gasteiger partial charge in [0.1, 0.15) is 0 Å². The largest absolute Gasteiger partial charge is 0.0925 e. The third-order valence-electron chi connectivity index (χ3n) is 2.51. The summed E-state index contributed by atoms with van der Waals surface area (Å²) in [5.41, 5.74) is 4.39. The van der Waals surface area contributed by atoms with Gasteiger partial charge in [-0.05, 0) is 53.4 Å². The van der Waals surface area contributed by atoms with Crippen molar-refractivity contribution in [1.82, 2.24) is 0 Å². The second-order valence-electron chi connectivity index (χ2n) is 4.60. The first-order chi connectivity index (χ1) is 7.56. The molecular weight excluding hydrogens is 260 g/mol. The van der Waals surface area contributed by atoms with Crippen LogP contribution in [0.1, 0.15) is 53.4 Å². The molecule has 0 atom stereocenters. The Hall–Kier alpha value is -0.300. The molecule has 1 heteroatoms. The van der Waals surface area contributed by atoms with E-state index in [0.29, 0.717) is 0 Å². The number of halogens is 1. The fourth-order valence-corrected chi connectivity index (χ4v) is 2.03. The molecule has 0 nitrogen and oxygen atoms in total. The van der Waals surface area contributed by atoms with Gasteiger partial charge in [0.05, 0.1) is 0 Å². The minimum absolute atomic E-state index is 1.07. The number of hydrogen-bond acceptors (Lipinski definition) is 0. The first-order valence-electron chi connectivity index (χ1n) is 6.07. The standard InChI is InChI=1S/C15H25Br/c1-13(2)7-5-8-14(3)9-6-10-15(4)11-12-16/h7,9-10H,5-6,8,11-12H2,1-4H3/b14-9-,15-10-. The fraction of sp³-hybridized carbons (Fsp3) is 0.600. The second kappa shape index (κ2) is 9.89. The summed E-state index contributed by atoms with van der Waals surface area (Å²) in [6.07, 6.45) is 11.6. The van der Waals surface area contributed by atoms with Crippen LogP contribution in [0.3, 0.4) is 0 Å². The highest BCUT2D eigenvalue weighted by atomic mass is 79.9. The van der Waals surface area contributed by atoms with E-state index in [-0.39, 0.29) is 0 Å². The summed E-state index contributed by atoms with van der Waals surface area (Å²) in [5.74, 6) is 0. The number of hydrogen-bond donors (Lipinski definition) is 0. The van der Waals surface area contributed by atoms with Crippen LogP contribution < -0.4 is 0 Å². The van der Waals surface area contributed by atoms with E-state index >= 15 is 0 Å². The molecule has 0 aromatic rings. The van der Waals surface area contributed by atoms with Crippen molar-refractivity contribution < 1.29 is 0 Å². The lowest BCUT2D eigenvalue weighted by molar-refractivity contribution is 0.957. The van der Waals surface area contributed by atoms with Crippen LogP contribution in [0.5, 0.6) is 0 Å². The van der Waals surface area contributed by atoms with Crippen molar-refractivity contribution in [3.63, 3.8) is 0 Å². The van der Waals surface area contributed by atoms with E-state index in [1.807, 2.05) is 0 Å². The predicted molar refractivity (Wildman–Crippen MR) is 79.2 cm³/mol. The average molecular weight is 285 g/mol. The Morgan fingerprint density at radius 2 is 1.44 bits per heavy atom. The highest BCUT2D eigenvalue weighted by Gasteiger charge is 1.89. The normalized spacial score (nSPS) is 12.8. The van der Waals surface area contributed by atoms with Crippen LogP contribution in [0.4, 0.5) is 0 Å². The van der Waals surface area contributed by atoms with Crippen LogP contribution in [0.2, 0.25) is 0 Å². The average Bonchev–Trinajstić information content (AvgIpc) is 2.17. The minimum atomic E-state index is 1.07. The van der Waals surface area contributed by atoms with Gasteiger partial charge in [-0.25, -0.2) is 0 Å². The Balaban J connectivity index is 3.87. The zero-order valence-corrected chi connectivity index (χ0v) is 12.7. The molecule has 0 aliphatic heterocycles. The summed E-state index contributed by atoms with van der Waals surface area (Å²) in [5, 5.41) is 1.07. The van der Waals surface area contributed by atoms with Crippen LogP contribution in [0, 0.1) is 0 Å². The van der Waals surface area contributed by atoms with Crippen molar-refractivity contribution in [3.05, 3.63) is 34.9 Å². The van der Waals surface area contributed by atoms with Gasteiger partial charge in [-0.15, -0.1) is 0 Å². The molecule has 92 valence electrons. The molecule has 16 heavy (non-hydrogen) atoms. The van der Waals surface area contributed by atoms with Crippen molar-refractivity contribution in [1.29, 1.82) is 0 Å². The third kappa shape index (κ3) is 10.2. The highest BCUT2D eigenvalue weighted by molar-refractivity contribution is 9.09. The molecule has 0 saturated heterocycles. The molecule has 0 fully saturated rings. The van der Waals surface area contributed by atoms with Gasteiger partial charge in [0.2, 0.25) is 0 Å². The molecule has 0 amide bonds. The Morgan fingerprint density at radius 1 is 0.875 bits per heavy atom. The lowest BCUT2D eigenvalue weighted by Gasteiger charge is -1.99.